The monoisotopic (exact) mass is 299 g/mol. The van der Waals surface area contributed by atoms with E-state index in [9.17, 15) is 0 Å². The van der Waals surface area contributed by atoms with E-state index in [1.165, 1.54) is 5.56 Å². The zero-order valence-electron chi connectivity index (χ0n) is 11.1. The molecule has 96 valence electrons. The van der Waals surface area contributed by atoms with Crippen LogP contribution in [0.5, 0.6) is 0 Å². The number of hydrogen-bond acceptors (Lipinski definition) is 3. The molecule has 0 aliphatic heterocycles. The van der Waals surface area contributed by atoms with Gasteiger partial charge in [-0.1, -0.05) is 13.8 Å². The van der Waals surface area contributed by atoms with Crippen LogP contribution in [0.25, 0.3) is 0 Å². The Kier molecular flexibility index (Phi) is 5.92. The summed E-state index contributed by atoms with van der Waals surface area (Å²) in [5.74, 6) is 1.03. The summed E-state index contributed by atoms with van der Waals surface area (Å²) in [7, 11) is 0. The number of halogens is 1. The van der Waals surface area contributed by atoms with Crippen LogP contribution < -0.4 is 10.2 Å². The Morgan fingerprint density at radius 2 is 2.18 bits per heavy atom. The van der Waals surface area contributed by atoms with Crippen LogP contribution in [0.3, 0.4) is 0 Å². The molecule has 3 nitrogen and oxygen atoms in total. The molecule has 0 radical (unpaired) electrons. The van der Waals surface area contributed by atoms with E-state index >= 15 is 0 Å². The summed E-state index contributed by atoms with van der Waals surface area (Å²) >= 11 is 3.58. The van der Waals surface area contributed by atoms with E-state index in [1.54, 1.807) is 0 Å². The van der Waals surface area contributed by atoms with Crippen molar-refractivity contribution in [1.82, 2.24) is 10.3 Å². The molecule has 0 aliphatic rings. The minimum atomic E-state index is 0.531. The largest absolute Gasteiger partial charge is 0.355 e. The van der Waals surface area contributed by atoms with Gasteiger partial charge < -0.3 is 10.2 Å². The summed E-state index contributed by atoms with van der Waals surface area (Å²) in [6, 6.07) is 2.64. The normalized spacial score (nSPS) is 10.9. The number of rotatable bonds is 6. The van der Waals surface area contributed by atoms with Crippen LogP contribution in [-0.2, 0) is 0 Å². The number of aromatic nitrogens is 1. The Labute approximate surface area is 113 Å². The van der Waals surface area contributed by atoms with E-state index in [2.05, 4.69) is 64.9 Å². The standard InChI is InChI=1S/C13H22BrN3/c1-5-17(7-6-15-10(2)3)13-12(14)8-11(4)9-16-13/h8-10,15H,5-7H2,1-4H3. The molecule has 0 bridgehead atoms. The van der Waals surface area contributed by atoms with Gasteiger partial charge in [-0.3, -0.25) is 0 Å². The second-order valence-corrected chi connectivity index (χ2v) is 5.36. The molecule has 1 rings (SSSR count). The van der Waals surface area contributed by atoms with Crippen molar-refractivity contribution in [1.29, 1.82) is 0 Å². The zero-order valence-corrected chi connectivity index (χ0v) is 12.7. The van der Waals surface area contributed by atoms with Crippen LogP contribution in [0.15, 0.2) is 16.7 Å². The van der Waals surface area contributed by atoms with Gasteiger partial charge in [0, 0.05) is 31.9 Å². The van der Waals surface area contributed by atoms with Gasteiger partial charge in [-0.05, 0) is 41.4 Å². The molecule has 1 heterocycles. The average molecular weight is 300 g/mol. The smallest absolute Gasteiger partial charge is 0.142 e. The quantitative estimate of drug-likeness (QED) is 0.875. The zero-order chi connectivity index (χ0) is 12.8. The molecule has 0 saturated heterocycles. The molecule has 1 aromatic rings. The number of hydrogen-bond donors (Lipinski definition) is 1. The number of nitrogens with one attached hydrogen (secondary N) is 1. The van der Waals surface area contributed by atoms with Crippen LogP contribution in [-0.4, -0.2) is 30.7 Å². The second kappa shape index (κ2) is 6.97. The highest BCUT2D eigenvalue weighted by molar-refractivity contribution is 9.10. The van der Waals surface area contributed by atoms with Crippen LogP contribution in [0.4, 0.5) is 5.82 Å². The van der Waals surface area contributed by atoms with Crippen LogP contribution >= 0.6 is 15.9 Å². The maximum atomic E-state index is 4.50. The van der Waals surface area contributed by atoms with Crippen molar-refractivity contribution in [2.45, 2.75) is 33.7 Å². The van der Waals surface area contributed by atoms with Gasteiger partial charge in [0.15, 0.2) is 0 Å². The Bertz CT molecular complexity index is 353. The van der Waals surface area contributed by atoms with E-state index in [-0.39, 0.29) is 0 Å². The molecule has 0 aromatic carbocycles. The summed E-state index contributed by atoms with van der Waals surface area (Å²) < 4.78 is 1.07. The lowest BCUT2D eigenvalue weighted by molar-refractivity contribution is 0.582. The fourth-order valence-corrected chi connectivity index (χ4v) is 2.38. The minimum Gasteiger partial charge on any atom is -0.355 e. The molecule has 0 aliphatic carbocycles. The SMILES string of the molecule is CCN(CCNC(C)C)c1ncc(C)cc1Br. The Morgan fingerprint density at radius 3 is 2.71 bits per heavy atom. The maximum Gasteiger partial charge on any atom is 0.142 e. The lowest BCUT2D eigenvalue weighted by Gasteiger charge is -2.24. The molecule has 4 heteroatoms. The highest BCUT2D eigenvalue weighted by atomic mass is 79.9. The molecule has 1 aromatic heterocycles. The lowest BCUT2D eigenvalue weighted by atomic mass is 10.3. The topological polar surface area (TPSA) is 28.2 Å². The van der Waals surface area contributed by atoms with Crippen molar-refractivity contribution in [2.75, 3.05) is 24.5 Å². The molecule has 0 spiro atoms. The van der Waals surface area contributed by atoms with Gasteiger partial charge >= 0.3 is 0 Å². The van der Waals surface area contributed by atoms with Gasteiger partial charge in [0.05, 0.1) is 4.47 Å². The molecular weight excluding hydrogens is 278 g/mol. The van der Waals surface area contributed by atoms with Crippen molar-refractivity contribution in [3.05, 3.63) is 22.3 Å². The summed E-state index contributed by atoms with van der Waals surface area (Å²) in [6.07, 6.45) is 1.92. The molecule has 0 fully saturated rings. The predicted octanol–water partition coefficient (Wildman–Crippen LogP) is 2.98. The third-order valence-corrected chi connectivity index (χ3v) is 3.16. The fraction of sp³-hybridized carbons (Fsp3) is 0.615. The maximum absolute atomic E-state index is 4.50. The first-order chi connectivity index (χ1) is 8.04. The van der Waals surface area contributed by atoms with E-state index in [1.807, 2.05) is 6.20 Å². The number of likely N-dealkylation sites (N-methyl/N-ethyl adjacent to an activating group) is 1. The van der Waals surface area contributed by atoms with Crippen molar-refractivity contribution >= 4 is 21.7 Å². The Hall–Kier alpha value is -0.610. The van der Waals surface area contributed by atoms with Crippen molar-refractivity contribution in [3.8, 4) is 0 Å². The first-order valence-corrected chi connectivity index (χ1v) is 6.94. The molecule has 0 atom stereocenters. The van der Waals surface area contributed by atoms with Gasteiger partial charge in [-0.2, -0.15) is 0 Å². The number of nitrogens with zero attached hydrogens (tertiary/aromatic N) is 2. The van der Waals surface area contributed by atoms with E-state index in [0.717, 1.165) is 29.9 Å². The van der Waals surface area contributed by atoms with Gasteiger partial charge in [0.2, 0.25) is 0 Å². The van der Waals surface area contributed by atoms with Crippen LogP contribution in [0.2, 0.25) is 0 Å². The second-order valence-electron chi connectivity index (χ2n) is 4.51. The third kappa shape index (κ3) is 4.64. The van der Waals surface area contributed by atoms with E-state index in [4.69, 9.17) is 0 Å². The predicted molar refractivity (Wildman–Crippen MR) is 77.7 cm³/mol. The van der Waals surface area contributed by atoms with E-state index < -0.39 is 0 Å². The molecule has 0 saturated carbocycles. The van der Waals surface area contributed by atoms with Gasteiger partial charge in [0.1, 0.15) is 5.82 Å². The molecule has 17 heavy (non-hydrogen) atoms. The van der Waals surface area contributed by atoms with E-state index in [0.29, 0.717) is 6.04 Å². The third-order valence-electron chi connectivity index (χ3n) is 2.57. The summed E-state index contributed by atoms with van der Waals surface area (Å²) in [6.45, 7) is 11.5. The Balaban J connectivity index is 2.66. The lowest BCUT2D eigenvalue weighted by Crippen LogP contribution is -2.35. The number of pyridine rings is 1. The molecule has 0 amide bonds. The fourth-order valence-electron chi connectivity index (χ4n) is 1.66. The molecule has 0 unspecified atom stereocenters. The van der Waals surface area contributed by atoms with Gasteiger partial charge in [0.25, 0.3) is 0 Å². The number of aryl methyl sites for hydroxylation is 1. The Morgan fingerprint density at radius 1 is 1.47 bits per heavy atom. The summed E-state index contributed by atoms with van der Waals surface area (Å²) in [4.78, 5) is 6.77. The summed E-state index contributed by atoms with van der Waals surface area (Å²) in [5, 5.41) is 3.43. The van der Waals surface area contributed by atoms with Crippen LogP contribution in [0.1, 0.15) is 26.3 Å². The first-order valence-electron chi connectivity index (χ1n) is 6.15. The minimum absolute atomic E-state index is 0.531. The van der Waals surface area contributed by atoms with Crippen molar-refractivity contribution in [3.63, 3.8) is 0 Å². The summed E-state index contributed by atoms with van der Waals surface area (Å²) in [5.41, 5.74) is 1.18. The van der Waals surface area contributed by atoms with Crippen LogP contribution in [0, 0.1) is 6.92 Å². The first kappa shape index (κ1) is 14.5. The van der Waals surface area contributed by atoms with Crippen molar-refractivity contribution < 1.29 is 0 Å². The van der Waals surface area contributed by atoms with Gasteiger partial charge in [-0.15, -0.1) is 0 Å². The van der Waals surface area contributed by atoms with Crippen molar-refractivity contribution in [2.24, 2.45) is 0 Å². The average Bonchev–Trinajstić information content (AvgIpc) is 2.25. The highest BCUT2D eigenvalue weighted by Gasteiger charge is 2.09. The molecule has 1 N–H and O–H groups in total. The number of anilines is 1. The molecular formula is C13H22BrN3. The van der Waals surface area contributed by atoms with Gasteiger partial charge in [-0.25, -0.2) is 4.98 Å². The highest BCUT2D eigenvalue weighted by Crippen LogP contribution is 2.23.